The molecular weight excluding hydrogens is 217 g/mol. The van der Waals surface area contributed by atoms with E-state index in [-0.39, 0.29) is 24.8 Å². The number of aryl methyl sites for hydroxylation is 3. The summed E-state index contributed by atoms with van der Waals surface area (Å²) in [5.41, 5.74) is 11.0. The van der Waals surface area contributed by atoms with Crippen molar-refractivity contribution in [2.45, 2.75) is 33.7 Å². The lowest BCUT2D eigenvalue weighted by molar-refractivity contribution is 1.02. The summed E-state index contributed by atoms with van der Waals surface area (Å²) in [7, 11) is 0. The van der Waals surface area contributed by atoms with Crippen molar-refractivity contribution in [3.8, 4) is 0 Å². The first kappa shape index (κ1) is 16.2. The van der Waals surface area contributed by atoms with Gasteiger partial charge in [0.05, 0.1) is 0 Å². The zero-order valence-corrected chi connectivity index (χ0v) is 10.6. The second kappa shape index (κ2) is 7.10. The van der Waals surface area contributed by atoms with E-state index in [9.17, 15) is 0 Å². The molecule has 0 bridgehead atoms. The molecule has 14 heavy (non-hydrogen) atoms. The maximum atomic E-state index is 5.61. The Hall–Kier alpha value is -0.240. The molecule has 2 N–H and O–H groups in total. The minimum Gasteiger partial charge on any atom is -0.326 e. The molecule has 0 unspecified atom stereocenters. The molecule has 1 aromatic rings. The molecule has 0 aliphatic heterocycles. The normalized spacial score (nSPS) is 8.86. The van der Waals surface area contributed by atoms with Crippen LogP contribution in [0.5, 0.6) is 0 Å². The van der Waals surface area contributed by atoms with Gasteiger partial charge in [-0.1, -0.05) is 19.1 Å². The monoisotopic (exact) mass is 235 g/mol. The number of nitrogens with two attached hydrogens (primary N) is 1. The van der Waals surface area contributed by atoms with Gasteiger partial charge in [0.1, 0.15) is 0 Å². The summed E-state index contributed by atoms with van der Waals surface area (Å²) in [6.07, 6.45) is 1.11. The Morgan fingerprint density at radius 3 is 1.86 bits per heavy atom. The molecule has 0 saturated heterocycles. The highest BCUT2D eigenvalue weighted by atomic mass is 35.5. The van der Waals surface area contributed by atoms with Crippen molar-refractivity contribution in [3.05, 3.63) is 34.4 Å². The molecule has 82 valence electrons. The first-order valence-corrected chi connectivity index (χ1v) is 4.48. The molecule has 1 aromatic carbocycles. The molecule has 0 aromatic heterocycles. The SMILES string of the molecule is CCc1cc(C)c(CN)cc1C.Cl.Cl. The highest BCUT2D eigenvalue weighted by Crippen LogP contribution is 2.15. The second-order valence-electron chi connectivity index (χ2n) is 3.26. The molecule has 0 aliphatic rings. The van der Waals surface area contributed by atoms with Crippen LogP contribution in [0.3, 0.4) is 0 Å². The second-order valence-corrected chi connectivity index (χ2v) is 3.26. The van der Waals surface area contributed by atoms with Crippen molar-refractivity contribution in [1.29, 1.82) is 0 Å². The standard InChI is InChI=1S/C11H17N.2ClH/c1-4-10-5-9(3)11(7-12)6-8(10)2;;/h5-6H,4,7,12H2,1-3H3;2*1H. The number of halogens is 2. The first-order chi connectivity index (χ1) is 5.69. The van der Waals surface area contributed by atoms with Crippen LogP contribution in [0.4, 0.5) is 0 Å². The highest BCUT2D eigenvalue weighted by molar-refractivity contribution is 5.85. The van der Waals surface area contributed by atoms with Gasteiger partial charge in [-0.3, -0.25) is 0 Å². The molecular formula is C11H19Cl2N. The smallest absolute Gasteiger partial charge is 0.0180 e. The molecule has 1 nitrogen and oxygen atoms in total. The van der Waals surface area contributed by atoms with Gasteiger partial charge in [0.2, 0.25) is 0 Å². The molecule has 0 radical (unpaired) electrons. The van der Waals surface area contributed by atoms with Crippen molar-refractivity contribution >= 4 is 24.8 Å². The third-order valence-corrected chi connectivity index (χ3v) is 2.40. The van der Waals surface area contributed by atoms with E-state index >= 15 is 0 Å². The molecule has 0 atom stereocenters. The number of hydrogen-bond acceptors (Lipinski definition) is 1. The van der Waals surface area contributed by atoms with E-state index in [4.69, 9.17) is 5.73 Å². The Morgan fingerprint density at radius 1 is 1.00 bits per heavy atom. The predicted molar refractivity (Wildman–Crippen MR) is 67.7 cm³/mol. The van der Waals surface area contributed by atoms with Gasteiger partial charge < -0.3 is 5.73 Å². The van der Waals surface area contributed by atoms with Crippen molar-refractivity contribution in [2.75, 3.05) is 0 Å². The lowest BCUT2D eigenvalue weighted by Crippen LogP contribution is -2.01. The minimum absolute atomic E-state index is 0. The van der Waals surface area contributed by atoms with Crippen LogP contribution < -0.4 is 5.73 Å². The zero-order valence-electron chi connectivity index (χ0n) is 8.96. The van der Waals surface area contributed by atoms with Gasteiger partial charge in [-0.2, -0.15) is 0 Å². The third kappa shape index (κ3) is 3.49. The topological polar surface area (TPSA) is 26.0 Å². The van der Waals surface area contributed by atoms with Crippen molar-refractivity contribution in [1.82, 2.24) is 0 Å². The van der Waals surface area contributed by atoms with E-state index in [2.05, 4.69) is 32.9 Å². The molecule has 0 fully saturated rings. The summed E-state index contributed by atoms with van der Waals surface area (Å²) >= 11 is 0. The third-order valence-electron chi connectivity index (χ3n) is 2.40. The molecule has 0 aliphatic carbocycles. The van der Waals surface area contributed by atoms with Crippen LogP contribution in [0, 0.1) is 13.8 Å². The van der Waals surface area contributed by atoms with Gasteiger partial charge in [-0.05, 0) is 42.5 Å². The lowest BCUT2D eigenvalue weighted by atomic mass is 9.99. The van der Waals surface area contributed by atoms with E-state index in [1.807, 2.05) is 0 Å². The van der Waals surface area contributed by atoms with Crippen LogP contribution >= 0.6 is 24.8 Å². The van der Waals surface area contributed by atoms with Crippen LogP contribution in [0.15, 0.2) is 12.1 Å². The van der Waals surface area contributed by atoms with Gasteiger partial charge in [-0.25, -0.2) is 0 Å². The Labute approximate surface area is 98.9 Å². The summed E-state index contributed by atoms with van der Waals surface area (Å²) in [4.78, 5) is 0. The molecule has 0 heterocycles. The lowest BCUT2D eigenvalue weighted by Gasteiger charge is -2.08. The Bertz CT molecular complexity index is 255. The van der Waals surface area contributed by atoms with Gasteiger partial charge in [0, 0.05) is 6.54 Å². The van der Waals surface area contributed by atoms with Gasteiger partial charge in [0.25, 0.3) is 0 Å². The molecule has 0 spiro atoms. The zero-order chi connectivity index (χ0) is 9.14. The molecule has 3 heteroatoms. The van der Waals surface area contributed by atoms with Gasteiger partial charge in [-0.15, -0.1) is 24.8 Å². The molecule has 1 rings (SSSR count). The fourth-order valence-electron chi connectivity index (χ4n) is 1.54. The van der Waals surface area contributed by atoms with Crippen molar-refractivity contribution in [2.24, 2.45) is 5.73 Å². The minimum atomic E-state index is 0. The van der Waals surface area contributed by atoms with Crippen molar-refractivity contribution < 1.29 is 0 Å². The number of rotatable bonds is 2. The average molecular weight is 236 g/mol. The maximum absolute atomic E-state index is 5.61. The summed E-state index contributed by atoms with van der Waals surface area (Å²) in [6.45, 7) is 7.11. The van der Waals surface area contributed by atoms with E-state index < -0.39 is 0 Å². The molecule has 0 amide bonds. The quantitative estimate of drug-likeness (QED) is 0.838. The average Bonchev–Trinajstić information content (AvgIpc) is 2.08. The number of hydrogen-bond donors (Lipinski definition) is 1. The first-order valence-electron chi connectivity index (χ1n) is 4.48. The highest BCUT2D eigenvalue weighted by Gasteiger charge is 2.00. The van der Waals surface area contributed by atoms with Crippen LogP contribution in [-0.2, 0) is 13.0 Å². The van der Waals surface area contributed by atoms with Gasteiger partial charge >= 0.3 is 0 Å². The molecule has 0 saturated carbocycles. The van der Waals surface area contributed by atoms with Crippen molar-refractivity contribution in [3.63, 3.8) is 0 Å². The predicted octanol–water partition coefficient (Wildman–Crippen LogP) is 3.17. The Morgan fingerprint density at radius 2 is 1.43 bits per heavy atom. The van der Waals surface area contributed by atoms with Crippen LogP contribution in [0.2, 0.25) is 0 Å². The van der Waals surface area contributed by atoms with Crippen LogP contribution in [-0.4, -0.2) is 0 Å². The maximum Gasteiger partial charge on any atom is 0.0180 e. The van der Waals surface area contributed by atoms with E-state index in [0.29, 0.717) is 6.54 Å². The summed E-state index contributed by atoms with van der Waals surface area (Å²) in [6, 6.07) is 4.45. The van der Waals surface area contributed by atoms with Crippen LogP contribution in [0.25, 0.3) is 0 Å². The largest absolute Gasteiger partial charge is 0.326 e. The fraction of sp³-hybridized carbons (Fsp3) is 0.455. The fourth-order valence-corrected chi connectivity index (χ4v) is 1.54. The Balaban J connectivity index is 0. The summed E-state index contributed by atoms with van der Waals surface area (Å²) in [5.74, 6) is 0. The Kier molecular flexibility index (Phi) is 8.22. The van der Waals surface area contributed by atoms with Gasteiger partial charge in [0.15, 0.2) is 0 Å². The number of benzene rings is 1. The van der Waals surface area contributed by atoms with Crippen LogP contribution in [0.1, 0.15) is 29.2 Å². The van der Waals surface area contributed by atoms with E-state index in [1.165, 1.54) is 22.3 Å². The van der Waals surface area contributed by atoms with E-state index in [1.54, 1.807) is 0 Å². The van der Waals surface area contributed by atoms with E-state index in [0.717, 1.165) is 6.42 Å². The summed E-state index contributed by atoms with van der Waals surface area (Å²) < 4.78 is 0. The summed E-state index contributed by atoms with van der Waals surface area (Å²) in [5, 5.41) is 0.